The summed E-state index contributed by atoms with van der Waals surface area (Å²) in [6.45, 7) is 3.05. The van der Waals surface area contributed by atoms with Crippen molar-refractivity contribution in [3.63, 3.8) is 0 Å². The molecule has 3 aromatic rings. The summed E-state index contributed by atoms with van der Waals surface area (Å²) in [6, 6.07) is 17.6. The number of hydrogen-bond donors (Lipinski definition) is 1. The van der Waals surface area contributed by atoms with Crippen molar-refractivity contribution in [2.75, 3.05) is 19.0 Å². The summed E-state index contributed by atoms with van der Waals surface area (Å²) in [4.78, 5) is 6.20. The van der Waals surface area contributed by atoms with E-state index in [1.807, 2.05) is 17.1 Å². The van der Waals surface area contributed by atoms with Crippen LogP contribution in [0.5, 0.6) is 0 Å². The first kappa shape index (κ1) is 16.3. The Kier molecular flexibility index (Phi) is 4.96. The monoisotopic (exact) mass is 320 g/mol. The molecule has 1 N–H and O–H groups in total. The fourth-order valence-corrected chi connectivity index (χ4v) is 2.65. The first-order valence-corrected chi connectivity index (χ1v) is 8.21. The maximum atomic E-state index is 4.08. The zero-order valence-corrected chi connectivity index (χ0v) is 14.5. The molecule has 0 saturated carbocycles. The second-order valence-corrected chi connectivity index (χ2v) is 6.22. The molecule has 0 unspecified atom stereocenters. The molecular weight excluding hydrogens is 296 g/mol. The molecule has 1 atom stereocenters. The lowest BCUT2D eigenvalue weighted by Crippen LogP contribution is -2.18. The van der Waals surface area contributed by atoms with Crippen LogP contribution >= 0.6 is 0 Å². The van der Waals surface area contributed by atoms with Gasteiger partial charge in [-0.05, 0) is 42.3 Å². The molecule has 0 aliphatic rings. The number of aromatic nitrogens is 2. The minimum Gasteiger partial charge on any atom is -0.378 e. The Balaban J connectivity index is 1.59. The molecule has 0 radical (unpaired) electrons. The number of imidazole rings is 1. The summed E-state index contributed by atoms with van der Waals surface area (Å²) in [5.41, 5.74) is 4.93. The number of nitrogens with zero attached hydrogens (tertiary/aromatic N) is 3. The van der Waals surface area contributed by atoms with Crippen LogP contribution in [0.4, 0.5) is 5.69 Å². The molecule has 3 rings (SSSR count). The molecule has 124 valence electrons. The van der Waals surface area contributed by atoms with Gasteiger partial charge in [0.2, 0.25) is 0 Å². The van der Waals surface area contributed by atoms with Gasteiger partial charge in [0.1, 0.15) is 0 Å². The van der Waals surface area contributed by atoms with Gasteiger partial charge >= 0.3 is 0 Å². The lowest BCUT2D eigenvalue weighted by atomic mass is 10.1. The molecular formula is C20H24N4. The Morgan fingerprint density at radius 3 is 2.33 bits per heavy atom. The summed E-state index contributed by atoms with van der Waals surface area (Å²) in [6.07, 6.45) is 5.56. The van der Waals surface area contributed by atoms with Crippen molar-refractivity contribution in [1.82, 2.24) is 14.9 Å². The van der Waals surface area contributed by atoms with Crippen molar-refractivity contribution < 1.29 is 0 Å². The van der Waals surface area contributed by atoms with Crippen LogP contribution in [0, 0.1) is 0 Å². The molecule has 0 aliphatic carbocycles. The van der Waals surface area contributed by atoms with Gasteiger partial charge in [-0.2, -0.15) is 0 Å². The van der Waals surface area contributed by atoms with Gasteiger partial charge < -0.3 is 14.8 Å². The van der Waals surface area contributed by atoms with Crippen molar-refractivity contribution in [1.29, 1.82) is 0 Å². The molecule has 24 heavy (non-hydrogen) atoms. The Morgan fingerprint density at radius 1 is 1.04 bits per heavy atom. The minimum absolute atomic E-state index is 0.301. The normalized spacial score (nSPS) is 12.1. The van der Waals surface area contributed by atoms with Crippen molar-refractivity contribution in [3.8, 4) is 5.69 Å². The first-order valence-electron chi connectivity index (χ1n) is 8.21. The highest BCUT2D eigenvalue weighted by Gasteiger charge is 2.06. The van der Waals surface area contributed by atoms with Crippen molar-refractivity contribution >= 4 is 5.69 Å². The molecule has 4 heteroatoms. The van der Waals surface area contributed by atoms with Crippen LogP contribution in [-0.2, 0) is 6.54 Å². The largest absolute Gasteiger partial charge is 0.378 e. The number of hydrogen-bond acceptors (Lipinski definition) is 3. The van der Waals surface area contributed by atoms with E-state index in [-0.39, 0.29) is 0 Å². The van der Waals surface area contributed by atoms with Gasteiger partial charge in [0.15, 0.2) is 0 Å². The summed E-state index contributed by atoms with van der Waals surface area (Å²) in [7, 11) is 4.12. The van der Waals surface area contributed by atoms with E-state index in [4.69, 9.17) is 0 Å². The van der Waals surface area contributed by atoms with Gasteiger partial charge in [0.25, 0.3) is 0 Å². The SMILES string of the molecule is C[C@@H](NCc1ccc(N(C)C)cc1)c1ccc(-n2ccnc2)cc1. The zero-order chi connectivity index (χ0) is 16.9. The second-order valence-electron chi connectivity index (χ2n) is 6.22. The highest BCUT2D eigenvalue weighted by molar-refractivity contribution is 5.46. The van der Waals surface area contributed by atoms with Crippen LogP contribution in [0.1, 0.15) is 24.1 Å². The van der Waals surface area contributed by atoms with Crippen LogP contribution in [-0.4, -0.2) is 23.6 Å². The predicted molar refractivity (Wildman–Crippen MR) is 99.6 cm³/mol. The van der Waals surface area contributed by atoms with E-state index in [0.29, 0.717) is 6.04 Å². The Bertz CT molecular complexity index is 743. The number of benzene rings is 2. The highest BCUT2D eigenvalue weighted by Crippen LogP contribution is 2.17. The van der Waals surface area contributed by atoms with E-state index in [0.717, 1.165) is 12.2 Å². The van der Waals surface area contributed by atoms with Gasteiger partial charge in [-0.25, -0.2) is 4.98 Å². The Hall–Kier alpha value is -2.59. The first-order chi connectivity index (χ1) is 11.6. The third kappa shape index (κ3) is 3.84. The van der Waals surface area contributed by atoms with Crippen LogP contribution in [0.3, 0.4) is 0 Å². The smallest absolute Gasteiger partial charge is 0.0991 e. The third-order valence-corrected chi connectivity index (χ3v) is 4.26. The lowest BCUT2D eigenvalue weighted by Gasteiger charge is -2.16. The topological polar surface area (TPSA) is 33.1 Å². The van der Waals surface area contributed by atoms with E-state index in [1.54, 1.807) is 6.20 Å². The van der Waals surface area contributed by atoms with Crippen LogP contribution in [0.15, 0.2) is 67.3 Å². The average molecular weight is 320 g/mol. The van der Waals surface area contributed by atoms with Crippen LogP contribution in [0.25, 0.3) is 5.69 Å². The summed E-state index contributed by atoms with van der Waals surface area (Å²) >= 11 is 0. The lowest BCUT2D eigenvalue weighted by molar-refractivity contribution is 0.574. The molecule has 2 aromatic carbocycles. The van der Waals surface area contributed by atoms with Crippen LogP contribution in [0.2, 0.25) is 0 Å². The average Bonchev–Trinajstić information content (AvgIpc) is 3.15. The fraction of sp³-hybridized carbons (Fsp3) is 0.250. The molecule has 1 heterocycles. The number of rotatable bonds is 6. The van der Waals surface area contributed by atoms with E-state index >= 15 is 0 Å². The van der Waals surface area contributed by atoms with Gasteiger partial charge in [-0.1, -0.05) is 24.3 Å². The zero-order valence-electron chi connectivity index (χ0n) is 14.5. The Labute approximate surface area is 143 Å². The Morgan fingerprint density at radius 2 is 1.75 bits per heavy atom. The highest BCUT2D eigenvalue weighted by atomic mass is 15.1. The molecule has 0 bridgehead atoms. The molecule has 1 aromatic heterocycles. The molecule has 0 aliphatic heterocycles. The fourth-order valence-electron chi connectivity index (χ4n) is 2.65. The van der Waals surface area contributed by atoms with E-state index in [1.165, 1.54) is 16.8 Å². The maximum absolute atomic E-state index is 4.08. The van der Waals surface area contributed by atoms with Crippen molar-refractivity contribution in [2.45, 2.75) is 19.5 Å². The molecule has 4 nitrogen and oxygen atoms in total. The second kappa shape index (κ2) is 7.32. The van der Waals surface area contributed by atoms with Gasteiger partial charge in [0.05, 0.1) is 6.33 Å². The van der Waals surface area contributed by atoms with Crippen LogP contribution < -0.4 is 10.2 Å². The molecule has 0 fully saturated rings. The van der Waals surface area contributed by atoms with Gasteiger partial charge in [-0.3, -0.25) is 0 Å². The summed E-state index contributed by atoms with van der Waals surface area (Å²) in [5, 5.41) is 3.59. The maximum Gasteiger partial charge on any atom is 0.0991 e. The van der Waals surface area contributed by atoms with E-state index in [2.05, 4.69) is 84.8 Å². The number of anilines is 1. The van der Waals surface area contributed by atoms with Gasteiger partial charge in [0, 0.05) is 50.5 Å². The summed E-state index contributed by atoms with van der Waals surface area (Å²) < 4.78 is 2.01. The summed E-state index contributed by atoms with van der Waals surface area (Å²) in [5.74, 6) is 0. The minimum atomic E-state index is 0.301. The molecule has 0 spiro atoms. The van der Waals surface area contributed by atoms with Crippen molar-refractivity contribution in [2.24, 2.45) is 0 Å². The quantitative estimate of drug-likeness (QED) is 0.750. The molecule has 0 saturated heterocycles. The molecule has 0 amide bonds. The number of nitrogens with one attached hydrogen (secondary N) is 1. The van der Waals surface area contributed by atoms with Gasteiger partial charge in [-0.15, -0.1) is 0 Å². The van der Waals surface area contributed by atoms with E-state index < -0.39 is 0 Å². The standard InChI is InChI=1S/C20H24N4/c1-16(22-14-17-4-8-19(9-5-17)23(2)3)18-6-10-20(11-7-18)24-13-12-21-15-24/h4-13,15-16,22H,14H2,1-3H3/t16-/m1/s1. The predicted octanol–water partition coefficient (Wildman–Crippen LogP) is 3.79. The van der Waals surface area contributed by atoms with Crippen molar-refractivity contribution in [3.05, 3.63) is 78.4 Å². The third-order valence-electron chi connectivity index (χ3n) is 4.26. The van der Waals surface area contributed by atoms with E-state index in [9.17, 15) is 0 Å².